The molecular weight excluding hydrogens is 282 g/mol. The van der Waals surface area contributed by atoms with Crippen molar-refractivity contribution in [2.24, 2.45) is 0 Å². The maximum Gasteiger partial charge on any atom is 0.0921 e. The molecule has 0 aliphatic carbocycles. The Kier molecular flexibility index (Phi) is 4.28. The molecule has 3 rings (SSSR count). The van der Waals surface area contributed by atoms with Gasteiger partial charge in [0.05, 0.1) is 6.33 Å². The molecular formula is C20H23N3. The first-order valence-electron chi connectivity index (χ1n) is 8.03. The minimum atomic E-state index is 0.263. The number of H-pyrrole nitrogens is 1. The lowest BCUT2D eigenvalue weighted by atomic mass is 9.84. The van der Waals surface area contributed by atoms with Crippen LogP contribution >= 0.6 is 0 Å². The van der Waals surface area contributed by atoms with Gasteiger partial charge in [-0.25, -0.2) is 4.98 Å². The zero-order chi connectivity index (χ0) is 16.4. The molecule has 1 atom stereocenters. The topological polar surface area (TPSA) is 41.6 Å². The summed E-state index contributed by atoms with van der Waals surface area (Å²) in [5.41, 5.74) is 8.93. The van der Waals surface area contributed by atoms with Gasteiger partial charge in [0, 0.05) is 29.7 Å². The van der Waals surface area contributed by atoms with Gasteiger partial charge in [-0.1, -0.05) is 18.2 Å². The van der Waals surface area contributed by atoms with Crippen molar-refractivity contribution >= 4 is 0 Å². The number of pyridine rings is 1. The molecule has 1 N–H and O–H groups in total. The van der Waals surface area contributed by atoms with E-state index in [2.05, 4.69) is 66.9 Å². The van der Waals surface area contributed by atoms with Crippen molar-refractivity contribution in [3.63, 3.8) is 0 Å². The molecule has 0 aliphatic heterocycles. The van der Waals surface area contributed by atoms with Crippen molar-refractivity contribution in [3.8, 4) is 0 Å². The van der Waals surface area contributed by atoms with E-state index in [1.54, 1.807) is 6.33 Å². The number of imidazole rings is 1. The lowest BCUT2D eigenvalue weighted by Crippen LogP contribution is -2.10. The van der Waals surface area contributed by atoms with E-state index in [9.17, 15) is 0 Å². The number of aromatic nitrogens is 3. The number of aryl methyl sites for hydroxylation is 3. The van der Waals surface area contributed by atoms with Gasteiger partial charge in [-0.15, -0.1) is 0 Å². The van der Waals surface area contributed by atoms with Gasteiger partial charge in [0.2, 0.25) is 0 Å². The molecule has 1 unspecified atom stereocenters. The summed E-state index contributed by atoms with van der Waals surface area (Å²) in [4.78, 5) is 12.0. The Bertz CT molecular complexity index is 784. The van der Waals surface area contributed by atoms with E-state index in [1.807, 2.05) is 12.4 Å². The first kappa shape index (κ1) is 15.5. The third-order valence-corrected chi connectivity index (χ3v) is 4.83. The largest absolute Gasteiger partial charge is 0.348 e. The van der Waals surface area contributed by atoms with Gasteiger partial charge in [-0.05, 0) is 68.0 Å². The second-order valence-corrected chi connectivity index (χ2v) is 6.24. The van der Waals surface area contributed by atoms with Crippen molar-refractivity contribution in [2.75, 3.05) is 0 Å². The monoisotopic (exact) mass is 305 g/mol. The average molecular weight is 305 g/mol. The summed E-state index contributed by atoms with van der Waals surface area (Å²) < 4.78 is 0. The van der Waals surface area contributed by atoms with Crippen LogP contribution in [-0.4, -0.2) is 15.0 Å². The Morgan fingerprint density at radius 3 is 2.57 bits per heavy atom. The van der Waals surface area contributed by atoms with E-state index in [1.165, 1.54) is 27.8 Å². The van der Waals surface area contributed by atoms with Crippen LogP contribution in [-0.2, 0) is 6.42 Å². The fourth-order valence-corrected chi connectivity index (χ4v) is 3.23. The van der Waals surface area contributed by atoms with Crippen LogP contribution in [0.15, 0.2) is 43.0 Å². The van der Waals surface area contributed by atoms with Crippen LogP contribution in [0.25, 0.3) is 0 Å². The normalized spacial score (nSPS) is 12.3. The summed E-state index contributed by atoms with van der Waals surface area (Å²) in [6.45, 7) is 8.63. The third-order valence-electron chi connectivity index (χ3n) is 4.83. The number of hydrogen-bond donors (Lipinski definition) is 1. The summed E-state index contributed by atoms with van der Waals surface area (Å²) in [6.07, 6.45) is 6.51. The Morgan fingerprint density at radius 1 is 1.04 bits per heavy atom. The Balaban J connectivity index is 2.09. The zero-order valence-corrected chi connectivity index (χ0v) is 14.2. The Labute approximate surface area is 137 Å². The molecule has 0 saturated carbocycles. The highest BCUT2D eigenvalue weighted by atomic mass is 14.9. The summed E-state index contributed by atoms with van der Waals surface area (Å²) in [5, 5.41) is 0. The van der Waals surface area contributed by atoms with E-state index in [0.29, 0.717) is 0 Å². The van der Waals surface area contributed by atoms with E-state index in [4.69, 9.17) is 0 Å². The van der Waals surface area contributed by atoms with Crippen molar-refractivity contribution < 1.29 is 0 Å². The van der Waals surface area contributed by atoms with Gasteiger partial charge >= 0.3 is 0 Å². The molecule has 1 aromatic carbocycles. The molecule has 2 heterocycles. The first-order valence-corrected chi connectivity index (χ1v) is 8.03. The minimum Gasteiger partial charge on any atom is -0.348 e. The van der Waals surface area contributed by atoms with E-state index >= 15 is 0 Å². The second-order valence-electron chi connectivity index (χ2n) is 6.24. The number of benzene rings is 1. The molecule has 0 bridgehead atoms. The number of rotatable bonds is 4. The highest BCUT2D eigenvalue weighted by Crippen LogP contribution is 2.32. The fraction of sp³-hybridized carbons (Fsp3) is 0.300. The fourth-order valence-electron chi connectivity index (χ4n) is 3.23. The van der Waals surface area contributed by atoms with Crippen LogP contribution in [0.3, 0.4) is 0 Å². The highest BCUT2D eigenvalue weighted by Gasteiger charge is 2.20. The smallest absolute Gasteiger partial charge is 0.0921 e. The van der Waals surface area contributed by atoms with Crippen LogP contribution in [0, 0.1) is 27.7 Å². The quantitative estimate of drug-likeness (QED) is 0.775. The van der Waals surface area contributed by atoms with Gasteiger partial charge < -0.3 is 4.98 Å². The molecule has 3 aromatic rings. The molecule has 0 amide bonds. The standard InChI is InChI=1S/C20H23N3/c1-13-6-5-7-17(15(13)3)19(20-11-21-12-23-20)10-18-14(2)8-9-22-16(18)4/h5-9,11-12,19H,10H2,1-4H3,(H,21,23). The minimum absolute atomic E-state index is 0.263. The molecule has 118 valence electrons. The van der Waals surface area contributed by atoms with Gasteiger partial charge in [0.25, 0.3) is 0 Å². The van der Waals surface area contributed by atoms with Gasteiger partial charge in [0.15, 0.2) is 0 Å². The molecule has 23 heavy (non-hydrogen) atoms. The predicted molar refractivity (Wildman–Crippen MR) is 93.8 cm³/mol. The van der Waals surface area contributed by atoms with E-state index in [-0.39, 0.29) is 5.92 Å². The van der Waals surface area contributed by atoms with Crippen molar-refractivity contribution in [1.29, 1.82) is 0 Å². The van der Waals surface area contributed by atoms with Gasteiger partial charge in [-0.2, -0.15) is 0 Å². The maximum atomic E-state index is 4.48. The maximum absolute atomic E-state index is 4.48. The molecule has 2 aromatic heterocycles. The van der Waals surface area contributed by atoms with Crippen LogP contribution in [0.5, 0.6) is 0 Å². The number of aromatic amines is 1. The summed E-state index contributed by atoms with van der Waals surface area (Å²) in [7, 11) is 0. The molecule has 0 spiro atoms. The van der Waals surface area contributed by atoms with Crippen LogP contribution in [0.4, 0.5) is 0 Å². The predicted octanol–water partition coefficient (Wildman–Crippen LogP) is 4.41. The lowest BCUT2D eigenvalue weighted by molar-refractivity contribution is 0.760. The first-order chi connectivity index (χ1) is 11.1. The van der Waals surface area contributed by atoms with Crippen molar-refractivity contribution in [3.05, 3.63) is 82.2 Å². The third kappa shape index (κ3) is 3.04. The van der Waals surface area contributed by atoms with Gasteiger partial charge in [0.1, 0.15) is 0 Å². The van der Waals surface area contributed by atoms with Gasteiger partial charge in [-0.3, -0.25) is 4.98 Å². The van der Waals surface area contributed by atoms with Crippen molar-refractivity contribution in [2.45, 2.75) is 40.0 Å². The average Bonchev–Trinajstić information content (AvgIpc) is 3.05. The number of nitrogens with zero attached hydrogens (tertiary/aromatic N) is 2. The Morgan fingerprint density at radius 2 is 1.87 bits per heavy atom. The van der Waals surface area contributed by atoms with Crippen LogP contribution in [0.2, 0.25) is 0 Å². The molecule has 0 saturated heterocycles. The Hall–Kier alpha value is -2.42. The van der Waals surface area contributed by atoms with Crippen molar-refractivity contribution in [1.82, 2.24) is 15.0 Å². The molecule has 0 aliphatic rings. The second kappa shape index (κ2) is 6.37. The number of hydrogen-bond acceptors (Lipinski definition) is 2. The lowest BCUT2D eigenvalue weighted by Gasteiger charge is -2.21. The summed E-state index contributed by atoms with van der Waals surface area (Å²) >= 11 is 0. The summed E-state index contributed by atoms with van der Waals surface area (Å²) in [6, 6.07) is 8.64. The van der Waals surface area contributed by atoms with Crippen LogP contribution < -0.4 is 0 Å². The zero-order valence-electron chi connectivity index (χ0n) is 14.2. The van der Waals surface area contributed by atoms with E-state index < -0.39 is 0 Å². The molecule has 0 radical (unpaired) electrons. The molecule has 0 fully saturated rings. The SMILES string of the molecule is Cc1cccc(C(Cc2c(C)ccnc2C)c2cnc[nH]2)c1C. The molecule has 3 heteroatoms. The summed E-state index contributed by atoms with van der Waals surface area (Å²) in [5.74, 6) is 0.263. The van der Waals surface area contributed by atoms with E-state index in [0.717, 1.165) is 17.8 Å². The van der Waals surface area contributed by atoms with Crippen LogP contribution in [0.1, 0.15) is 45.1 Å². The number of nitrogens with one attached hydrogen (secondary N) is 1. The molecule has 3 nitrogen and oxygen atoms in total. The highest BCUT2D eigenvalue weighted by molar-refractivity contribution is 5.41.